The van der Waals surface area contributed by atoms with Gasteiger partial charge in [-0.2, -0.15) is 0 Å². The number of rotatable bonds is 9. The van der Waals surface area contributed by atoms with Crippen molar-refractivity contribution >= 4 is 17.5 Å². The summed E-state index contributed by atoms with van der Waals surface area (Å²) in [5, 5.41) is 5.94. The second-order valence-corrected chi connectivity index (χ2v) is 6.56. The highest BCUT2D eigenvalue weighted by atomic mass is 16.5. The van der Waals surface area contributed by atoms with Crippen LogP contribution in [0.15, 0.2) is 43.0 Å². The number of carbonyl (C=O) groups excluding carboxylic acids is 2. The van der Waals surface area contributed by atoms with Gasteiger partial charge in [-0.1, -0.05) is 24.3 Å². The van der Waals surface area contributed by atoms with E-state index in [1.165, 1.54) is 0 Å². The van der Waals surface area contributed by atoms with Crippen LogP contribution in [0.1, 0.15) is 26.2 Å². The Balaban J connectivity index is 1.66. The van der Waals surface area contributed by atoms with E-state index in [0.717, 1.165) is 38.0 Å². The number of piperidine rings is 1. The lowest BCUT2D eigenvalue weighted by Crippen LogP contribution is -2.48. The zero-order chi connectivity index (χ0) is 18.8. The first-order chi connectivity index (χ1) is 12.6. The Morgan fingerprint density at radius 2 is 2.00 bits per heavy atom. The van der Waals surface area contributed by atoms with E-state index >= 15 is 0 Å². The van der Waals surface area contributed by atoms with Crippen LogP contribution in [-0.4, -0.2) is 55.1 Å². The third-order valence-corrected chi connectivity index (χ3v) is 4.42. The van der Waals surface area contributed by atoms with E-state index in [1.54, 1.807) is 13.0 Å². The summed E-state index contributed by atoms with van der Waals surface area (Å²) >= 11 is 0. The fraction of sp³-hybridized carbons (Fsp3) is 0.500. The highest BCUT2D eigenvalue weighted by Crippen LogP contribution is 2.11. The van der Waals surface area contributed by atoms with Gasteiger partial charge in [-0.05, 0) is 38.3 Å². The monoisotopic (exact) mass is 359 g/mol. The highest BCUT2D eigenvalue weighted by Gasteiger charge is 2.24. The summed E-state index contributed by atoms with van der Waals surface area (Å²) in [4.78, 5) is 26.4. The van der Waals surface area contributed by atoms with Crippen LogP contribution in [-0.2, 0) is 14.3 Å². The Kier molecular flexibility index (Phi) is 8.31. The molecule has 1 unspecified atom stereocenters. The number of likely N-dealkylation sites (tertiary alicyclic amines) is 1. The lowest BCUT2D eigenvalue weighted by Gasteiger charge is -2.32. The van der Waals surface area contributed by atoms with Crippen molar-refractivity contribution in [2.24, 2.45) is 0 Å². The van der Waals surface area contributed by atoms with Crippen LogP contribution in [0.5, 0.6) is 0 Å². The number of nitrogens with one attached hydrogen (secondary N) is 2. The molecule has 6 heteroatoms. The van der Waals surface area contributed by atoms with Gasteiger partial charge in [0.1, 0.15) is 6.10 Å². The Bertz CT molecular complexity index is 583. The number of amides is 2. The maximum atomic E-state index is 12.1. The average Bonchev–Trinajstić information content (AvgIpc) is 2.64. The highest BCUT2D eigenvalue weighted by molar-refractivity contribution is 5.92. The number of hydrogen-bond acceptors (Lipinski definition) is 4. The summed E-state index contributed by atoms with van der Waals surface area (Å²) in [6.07, 6.45) is 3.73. The zero-order valence-corrected chi connectivity index (χ0v) is 15.4. The fourth-order valence-electron chi connectivity index (χ4n) is 2.88. The minimum Gasteiger partial charge on any atom is -0.368 e. The molecule has 2 amide bonds. The molecular weight excluding hydrogens is 330 g/mol. The first kappa shape index (κ1) is 20.1. The average molecular weight is 359 g/mol. The molecule has 0 radical (unpaired) electrons. The molecular formula is C20H29N3O3. The van der Waals surface area contributed by atoms with Crippen molar-refractivity contribution in [1.29, 1.82) is 0 Å². The number of benzene rings is 1. The van der Waals surface area contributed by atoms with Crippen LogP contribution in [0, 0.1) is 0 Å². The number of carbonyl (C=O) groups is 2. The third kappa shape index (κ3) is 6.98. The molecule has 1 aromatic rings. The van der Waals surface area contributed by atoms with Crippen molar-refractivity contribution in [3.8, 4) is 0 Å². The quantitative estimate of drug-likeness (QED) is 0.524. The smallest absolute Gasteiger partial charge is 0.249 e. The van der Waals surface area contributed by atoms with Gasteiger partial charge < -0.3 is 15.4 Å². The van der Waals surface area contributed by atoms with Gasteiger partial charge in [0, 0.05) is 24.8 Å². The Labute approximate surface area is 155 Å². The largest absolute Gasteiger partial charge is 0.368 e. The van der Waals surface area contributed by atoms with Crippen molar-refractivity contribution in [3.63, 3.8) is 0 Å². The summed E-state index contributed by atoms with van der Waals surface area (Å²) in [7, 11) is 0. The molecule has 0 saturated carbocycles. The van der Waals surface area contributed by atoms with E-state index in [9.17, 15) is 9.59 Å². The van der Waals surface area contributed by atoms with E-state index in [1.807, 2.05) is 30.3 Å². The summed E-state index contributed by atoms with van der Waals surface area (Å²) in [6, 6.07) is 9.59. The Hall–Kier alpha value is -2.18. The second-order valence-electron chi connectivity index (χ2n) is 6.56. The Morgan fingerprint density at radius 1 is 1.31 bits per heavy atom. The van der Waals surface area contributed by atoms with Crippen LogP contribution in [0.3, 0.4) is 0 Å². The molecule has 1 fully saturated rings. The van der Waals surface area contributed by atoms with Gasteiger partial charge in [-0.3, -0.25) is 14.5 Å². The molecule has 0 aromatic heterocycles. The summed E-state index contributed by atoms with van der Waals surface area (Å²) in [5.74, 6) is -0.0859. The summed E-state index contributed by atoms with van der Waals surface area (Å²) in [5.41, 5.74) is 0.810. The Morgan fingerprint density at radius 3 is 2.65 bits per heavy atom. The summed E-state index contributed by atoms with van der Waals surface area (Å²) < 4.78 is 5.47. The van der Waals surface area contributed by atoms with Crippen LogP contribution in [0.25, 0.3) is 0 Å². The van der Waals surface area contributed by atoms with Crippen molar-refractivity contribution < 1.29 is 14.3 Å². The van der Waals surface area contributed by atoms with E-state index in [4.69, 9.17) is 4.74 Å². The van der Waals surface area contributed by atoms with Crippen molar-refractivity contribution in [1.82, 2.24) is 10.2 Å². The van der Waals surface area contributed by atoms with E-state index in [-0.39, 0.29) is 17.9 Å². The SMILES string of the molecule is C=CCCOC(C)C(=O)NC1CCN(CC(=O)Nc2ccccc2)CC1. The molecule has 0 spiro atoms. The van der Waals surface area contributed by atoms with Gasteiger partial charge in [0.05, 0.1) is 13.2 Å². The second kappa shape index (κ2) is 10.7. The number of ether oxygens (including phenoxy) is 1. The number of hydrogen-bond donors (Lipinski definition) is 2. The minimum absolute atomic E-state index is 0.0112. The molecule has 1 aromatic carbocycles. The zero-order valence-electron chi connectivity index (χ0n) is 15.4. The van der Waals surface area contributed by atoms with Crippen LogP contribution >= 0.6 is 0 Å². The lowest BCUT2D eigenvalue weighted by molar-refractivity contribution is -0.132. The van der Waals surface area contributed by atoms with Gasteiger partial charge >= 0.3 is 0 Å². The fourth-order valence-corrected chi connectivity index (χ4v) is 2.88. The van der Waals surface area contributed by atoms with Crippen LogP contribution < -0.4 is 10.6 Å². The molecule has 2 rings (SSSR count). The number of anilines is 1. The number of para-hydroxylation sites is 1. The number of nitrogens with zero attached hydrogens (tertiary/aromatic N) is 1. The molecule has 6 nitrogen and oxygen atoms in total. The molecule has 1 heterocycles. The maximum absolute atomic E-state index is 12.1. The lowest BCUT2D eigenvalue weighted by atomic mass is 10.0. The van der Waals surface area contributed by atoms with E-state index < -0.39 is 6.10 Å². The van der Waals surface area contributed by atoms with Crippen molar-refractivity contribution in [2.75, 3.05) is 31.6 Å². The first-order valence-electron chi connectivity index (χ1n) is 9.18. The normalized spacial score (nSPS) is 16.7. The predicted molar refractivity (Wildman–Crippen MR) is 103 cm³/mol. The summed E-state index contributed by atoms with van der Waals surface area (Å²) in [6.45, 7) is 7.86. The van der Waals surface area contributed by atoms with Crippen LogP contribution in [0.2, 0.25) is 0 Å². The van der Waals surface area contributed by atoms with Gasteiger partial charge in [-0.15, -0.1) is 6.58 Å². The molecule has 26 heavy (non-hydrogen) atoms. The van der Waals surface area contributed by atoms with E-state index in [0.29, 0.717) is 13.2 Å². The first-order valence-corrected chi connectivity index (χ1v) is 9.18. The molecule has 0 bridgehead atoms. The van der Waals surface area contributed by atoms with Gasteiger partial charge in [0.25, 0.3) is 0 Å². The van der Waals surface area contributed by atoms with Gasteiger partial charge in [0.15, 0.2) is 0 Å². The molecule has 2 N–H and O–H groups in total. The standard InChI is InChI=1S/C20H29N3O3/c1-3-4-14-26-16(2)20(25)22-18-10-12-23(13-11-18)15-19(24)21-17-8-6-5-7-9-17/h3,5-9,16,18H,1,4,10-15H2,2H3,(H,21,24)(H,22,25). The van der Waals surface area contributed by atoms with Crippen LogP contribution in [0.4, 0.5) is 5.69 Å². The van der Waals surface area contributed by atoms with Crippen molar-refractivity contribution in [2.45, 2.75) is 38.3 Å². The minimum atomic E-state index is -0.454. The molecule has 1 atom stereocenters. The predicted octanol–water partition coefficient (Wildman–Crippen LogP) is 2.19. The molecule has 142 valence electrons. The van der Waals surface area contributed by atoms with Gasteiger partial charge in [0.2, 0.25) is 11.8 Å². The van der Waals surface area contributed by atoms with E-state index in [2.05, 4.69) is 22.1 Å². The van der Waals surface area contributed by atoms with Crippen molar-refractivity contribution in [3.05, 3.63) is 43.0 Å². The molecule has 1 aliphatic rings. The molecule has 1 saturated heterocycles. The molecule has 0 aliphatic carbocycles. The maximum Gasteiger partial charge on any atom is 0.249 e. The van der Waals surface area contributed by atoms with Gasteiger partial charge in [-0.25, -0.2) is 0 Å². The topological polar surface area (TPSA) is 70.7 Å². The molecule has 1 aliphatic heterocycles. The third-order valence-electron chi connectivity index (χ3n) is 4.42.